The van der Waals surface area contributed by atoms with Gasteiger partial charge in [-0.2, -0.15) is 0 Å². The van der Waals surface area contributed by atoms with Crippen LogP contribution in [0.4, 0.5) is 10.1 Å². The maximum absolute atomic E-state index is 13.1. The second kappa shape index (κ2) is 4.76. The quantitative estimate of drug-likeness (QED) is 0.573. The summed E-state index contributed by atoms with van der Waals surface area (Å²) in [6, 6.07) is 2.24. The van der Waals surface area contributed by atoms with Gasteiger partial charge in [-0.05, 0) is 12.1 Å². The van der Waals surface area contributed by atoms with E-state index in [4.69, 9.17) is 27.5 Å². The van der Waals surface area contributed by atoms with Gasteiger partial charge in [0.25, 0.3) is 0 Å². The molecule has 0 spiro atoms. The van der Waals surface area contributed by atoms with Crippen molar-refractivity contribution in [2.24, 2.45) is 0 Å². The molecular weight excluding hydrogens is 225 g/mol. The first-order chi connectivity index (χ1) is 6.97. The third-order valence-corrected chi connectivity index (χ3v) is 2.21. The summed E-state index contributed by atoms with van der Waals surface area (Å²) in [5.41, 5.74) is 5.03. The van der Waals surface area contributed by atoms with E-state index in [1.807, 2.05) is 0 Å². The predicted molar refractivity (Wildman–Crippen MR) is 53.9 cm³/mol. The highest BCUT2D eigenvalue weighted by molar-refractivity contribution is 6.30. The summed E-state index contributed by atoms with van der Waals surface area (Å²) >= 11 is 5.56. The number of hydrogen-bond donors (Lipinski definition) is 4. The molecule has 0 saturated heterocycles. The number of halogens is 2. The highest BCUT2D eigenvalue weighted by Crippen LogP contribution is 2.28. The molecule has 0 bridgehead atoms. The largest absolute Gasteiger partial charge is 0.396 e. The van der Waals surface area contributed by atoms with Crippen LogP contribution < -0.4 is 5.73 Å². The number of nitrogen functional groups attached to an aromatic ring is 1. The fourth-order valence-electron chi connectivity index (χ4n) is 1.16. The summed E-state index contributed by atoms with van der Waals surface area (Å²) in [6.07, 6.45) is -2.90. The Labute approximate surface area is 90.7 Å². The summed E-state index contributed by atoms with van der Waals surface area (Å²) < 4.78 is 13.1. The Kier molecular flexibility index (Phi) is 3.87. The lowest BCUT2D eigenvalue weighted by molar-refractivity contribution is -0.0150. The van der Waals surface area contributed by atoms with Gasteiger partial charge in [-0.3, -0.25) is 0 Å². The Bertz CT molecular complexity index is 361. The molecule has 2 unspecified atom stereocenters. The third-order valence-electron chi connectivity index (χ3n) is 2.00. The van der Waals surface area contributed by atoms with Gasteiger partial charge in [-0.1, -0.05) is 11.6 Å². The van der Waals surface area contributed by atoms with Crippen molar-refractivity contribution in [3.63, 3.8) is 0 Å². The summed E-state index contributed by atoms with van der Waals surface area (Å²) in [7, 11) is 0. The first kappa shape index (κ1) is 12.2. The zero-order valence-corrected chi connectivity index (χ0v) is 8.45. The molecule has 0 aliphatic carbocycles. The molecule has 84 valence electrons. The van der Waals surface area contributed by atoms with E-state index in [2.05, 4.69) is 0 Å². The van der Waals surface area contributed by atoms with Gasteiger partial charge < -0.3 is 21.1 Å². The van der Waals surface area contributed by atoms with Crippen LogP contribution in [0.25, 0.3) is 0 Å². The number of aliphatic hydroxyl groups excluding tert-OH is 3. The predicted octanol–water partition coefficient (Wildman–Crippen LogP) is 0.448. The number of benzene rings is 1. The number of anilines is 1. The van der Waals surface area contributed by atoms with E-state index in [1.54, 1.807) is 0 Å². The SMILES string of the molecule is Nc1c(F)cc(Cl)cc1C(O)C(O)CO. The molecule has 2 atom stereocenters. The van der Waals surface area contributed by atoms with Crippen molar-refractivity contribution in [3.05, 3.63) is 28.5 Å². The molecule has 0 saturated carbocycles. The minimum Gasteiger partial charge on any atom is -0.396 e. The van der Waals surface area contributed by atoms with E-state index in [0.717, 1.165) is 6.07 Å². The van der Waals surface area contributed by atoms with E-state index < -0.39 is 24.6 Å². The molecule has 1 aromatic carbocycles. The molecule has 0 aliphatic rings. The lowest BCUT2D eigenvalue weighted by Gasteiger charge is -2.18. The molecule has 1 rings (SSSR count). The zero-order chi connectivity index (χ0) is 11.6. The lowest BCUT2D eigenvalue weighted by Crippen LogP contribution is -2.23. The molecule has 0 aliphatic heterocycles. The van der Waals surface area contributed by atoms with E-state index in [0.29, 0.717) is 0 Å². The van der Waals surface area contributed by atoms with Gasteiger partial charge >= 0.3 is 0 Å². The molecule has 0 radical (unpaired) electrons. The van der Waals surface area contributed by atoms with Crippen molar-refractivity contribution in [2.45, 2.75) is 12.2 Å². The van der Waals surface area contributed by atoms with Crippen LogP contribution in [0.15, 0.2) is 12.1 Å². The topological polar surface area (TPSA) is 86.7 Å². The van der Waals surface area contributed by atoms with Gasteiger partial charge in [0.2, 0.25) is 0 Å². The van der Waals surface area contributed by atoms with Crippen LogP contribution in [0.5, 0.6) is 0 Å². The number of hydrogen-bond acceptors (Lipinski definition) is 4. The van der Waals surface area contributed by atoms with Gasteiger partial charge in [-0.15, -0.1) is 0 Å². The zero-order valence-electron chi connectivity index (χ0n) is 7.69. The van der Waals surface area contributed by atoms with Gasteiger partial charge in [0.05, 0.1) is 12.3 Å². The molecule has 4 nitrogen and oxygen atoms in total. The summed E-state index contributed by atoms with van der Waals surface area (Å²) in [5, 5.41) is 27.3. The second-order valence-corrected chi connectivity index (χ2v) is 3.52. The van der Waals surface area contributed by atoms with E-state index >= 15 is 0 Å². The van der Waals surface area contributed by atoms with Crippen LogP contribution in [-0.4, -0.2) is 28.0 Å². The average Bonchev–Trinajstić information content (AvgIpc) is 2.21. The van der Waals surface area contributed by atoms with Crippen molar-refractivity contribution in [1.82, 2.24) is 0 Å². The molecule has 0 fully saturated rings. The molecule has 15 heavy (non-hydrogen) atoms. The summed E-state index contributed by atoms with van der Waals surface area (Å²) in [4.78, 5) is 0. The van der Waals surface area contributed by atoms with Gasteiger partial charge in [0, 0.05) is 10.6 Å². The standard InChI is InChI=1S/C9H11ClFNO3/c10-4-1-5(8(12)6(11)2-4)9(15)7(14)3-13/h1-2,7,9,13-15H,3,12H2. The van der Waals surface area contributed by atoms with Gasteiger partial charge in [0.1, 0.15) is 18.0 Å². The highest BCUT2D eigenvalue weighted by Gasteiger charge is 2.21. The average molecular weight is 236 g/mol. The molecule has 6 heteroatoms. The Morgan fingerprint density at radius 2 is 2.00 bits per heavy atom. The fourth-order valence-corrected chi connectivity index (χ4v) is 1.37. The minimum atomic E-state index is -1.47. The monoisotopic (exact) mass is 235 g/mol. The smallest absolute Gasteiger partial charge is 0.147 e. The van der Waals surface area contributed by atoms with Gasteiger partial charge in [-0.25, -0.2) is 4.39 Å². The molecule has 0 amide bonds. The number of aliphatic hydroxyl groups is 3. The second-order valence-electron chi connectivity index (χ2n) is 3.09. The van der Waals surface area contributed by atoms with E-state index in [-0.39, 0.29) is 16.3 Å². The van der Waals surface area contributed by atoms with Crippen LogP contribution in [0.2, 0.25) is 5.02 Å². The van der Waals surface area contributed by atoms with Crippen LogP contribution >= 0.6 is 11.6 Å². The van der Waals surface area contributed by atoms with E-state index in [1.165, 1.54) is 6.07 Å². The van der Waals surface area contributed by atoms with Crippen molar-refractivity contribution in [3.8, 4) is 0 Å². The molecular formula is C9H11ClFNO3. The van der Waals surface area contributed by atoms with Gasteiger partial charge in [0.15, 0.2) is 0 Å². The lowest BCUT2D eigenvalue weighted by atomic mass is 10.0. The Balaban J connectivity index is 3.13. The summed E-state index contributed by atoms with van der Waals surface area (Å²) in [6.45, 7) is -0.658. The molecule has 1 aromatic rings. The number of rotatable bonds is 3. The molecule has 5 N–H and O–H groups in total. The summed E-state index contributed by atoms with van der Waals surface area (Å²) in [5.74, 6) is -0.776. The van der Waals surface area contributed by atoms with Crippen LogP contribution in [-0.2, 0) is 0 Å². The Hall–Kier alpha value is -0.880. The fraction of sp³-hybridized carbons (Fsp3) is 0.333. The third kappa shape index (κ3) is 2.57. The maximum atomic E-state index is 13.1. The molecule has 0 heterocycles. The minimum absolute atomic E-state index is 0.0402. The molecule has 0 aromatic heterocycles. The van der Waals surface area contributed by atoms with Crippen molar-refractivity contribution in [1.29, 1.82) is 0 Å². The Morgan fingerprint density at radius 3 is 2.53 bits per heavy atom. The first-order valence-corrected chi connectivity index (χ1v) is 4.56. The number of nitrogens with two attached hydrogens (primary N) is 1. The van der Waals surface area contributed by atoms with Crippen molar-refractivity contribution < 1.29 is 19.7 Å². The Morgan fingerprint density at radius 1 is 1.40 bits per heavy atom. The first-order valence-electron chi connectivity index (χ1n) is 4.18. The maximum Gasteiger partial charge on any atom is 0.147 e. The van der Waals surface area contributed by atoms with Crippen molar-refractivity contribution >= 4 is 17.3 Å². The van der Waals surface area contributed by atoms with Crippen LogP contribution in [0.3, 0.4) is 0 Å². The van der Waals surface area contributed by atoms with Crippen LogP contribution in [0.1, 0.15) is 11.7 Å². The van der Waals surface area contributed by atoms with Crippen molar-refractivity contribution in [2.75, 3.05) is 12.3 Å². The van der Waals surface area contributed by atoms with Crippen LogP contribution in [0, 0.1) is 5.82 Å². The normalized spacial score (nSPS) is 15.0. The highest BCUT2D eigenvalue weighted by atomic mass is 35.5. The van der Waals surface area contributed by atoms with E-state index in [9.17, 15) is 9.50 Å².